The first kappa shape index (κ1) is 47.7. The summed E-state index contributed by atoms with van der Waals surface area (Å²) in [7, 11) is -14.8. The van der Waals surface area contributed by atoms with Crippen LogP contribution in [0.15, 0.2) is 184 Å². The van der Waals surface area contributed by atoms with Gasteiger partial charge in [-0.05, 0) is 120 Å². The Labute approximate surface area is 396 Å². The van der Waals surface area contributed by atoms with Crippen molar-refractivity contribution in [1.29, 1.82) is 0 Å². The fourth-order valence-corrected chi connectivity index (χ4v) is 8.47. The van der Waals surface area contributed by atoms with Gasteiger partial charge in [-0.15, -0.1) is 20.5 Å². The lowest BCUT2D eigenvalue weighted by molar-refractivity contribution is 0.388. The largest absolute Gasteiger partial charge is 0.505 e. The van der Waals surface area contributed by atoms with Crippen molar-refractivity contribution >= 4 is 120 Å². The number of nitrogen functional groups attached to an aromatic ring is 4. The molecule has 0 atom stereocenters. The van der Waals surface area contributed by atoms with Crippen molar-refractivity contribution in [1.82, 2.24) is 0 Å². The maximum atomic E-state index is 12.6. The SMILES string of the molecule is Nc1ccc(N=Nc2c(N)ccc3c(OS(=O)(=O)O)c(N=Nc4ccc(-c5ccc(N=Nc6c(S(=O)(=O)O)cc7c(N=Nc8ccc(N)c(S(=O)(=O)O)c8)c(N)ccc7c6O)cc5)cc4)ccc23)cc1. The van der Waals surface area contributed by atoms with E-state index in [1.54, 1.807) is 78.9 Å². The molecule has 0 amide bonds. The van der Waals surface area contributed by atoms with Crippen molar-refractivity contribution in [3.63, 3.8) is 0 Å². The molecule has 0 saturated carbocycles. The van der Waals surface area contributed by atoms with Gasteiger partial charge in [0.05, 0.1) is 39.8 Å². The number of azo groups is 4. The second-order valence-electron chi connectivity index (χ2n) is 14.9. The van der Waals surface area contributed by atoms with Crippen LogP contribution in [-0.4, -0.2) is 44.0 Å². The molecule has 0 saturated heterocycles. The van der Waals surface area contributed by atoms with E-state index in [1.165, 1.54) is 42.5 Å². The zero-order valence-corrected chi connectivity index (χ0v) is 37.9. The van der Waals surface area contributed by atoms with E-state index in [9.17, 15) is 44.0 Å². The topological polar surface area (TPSA) is 396 Å². The second kappa shape index (κ2) is 18.7. The van der Waals surface area contributed by atoms with Gasteiger partial charge < -0.3 is 32.2 Å². The number of anilines is 4. The smallest absolute Gasteiger partial charge is 0.446 e. The van der Waals surface area contributed by atoms with Crippen molar-refractivity contribution < 1.29 is 48.2 Å². The van der Waals surface area contributed by atoms with Crippen molar-refractivity contribution in [2.45, 2.75) is 9.79 Å². The number of phenolic OH excluding ortho intramolecular Hbond substituents is 1. The van der Waals surface area contributed by atoms with Gasteiger partial charge in [0.15, 0.2) is 11.5 Å². The molecule has 23 nitrogen and oxygen atoms in total. The van der Waals surface area contributed by atoms with E-state index in [-0.39, 0.29) is 67.4 Å². The fraction of sp³-hybridized carbons (Fsp3) is 0. The minimum Gasteiger partial charge on any atom is -0.505 e. The van der Waals surface area contributed by atoms with Crippen molar-refractivity contribution in [3.05, 3.63) is 133 Å². The Morgan fingerprint density at radius 2 is 0.843 bits per heavy atom. The van der Waals surface area contributed by atoms with E-state index in [2.05, 4.69) is 40.9 Å². The van der Waals surface area contributed by atoms with Crippen LogP contribution in [0.25, 0.3) is 32.7 Å². The molecule has 0 bridgehead atoms. The number of nitrogens with zero attached hydrogens (tertiary/aromatic N) is 8. The minimum absolute atomic E-state index is 0.0164. The number of nitrogens with two attached hydrogens (primary N) is 4. The van der Waals surface area contributed by atoms with E-state index in [1.807, 2.05) is 0 Å². The zero-order valence-electron chi connectivity index (χ0n) is 35.5. The molecule has 0 spiro atoms. The molecule has 0 fully saturated rings. The third-order valence-corrected chi connectivity index (χ3v) is 12.3. The third-order valence-electron chi connectivity index (χ3n) is 10.1. The Bertz CT molecular complexity index is 3880. The van der Waals surface area contributed by atoms with Gasteiger partial charge >= 0.3 is 10.4 Å². The first-order valence-corrected chi connectivity index (χ1v) is 24.1. The van der Waals surface area contributed by atoms with Gasteiger partial charge in [-0.2, -0.15) is 45.7 Å². The number of benzene rings is 8. The van der Waals surface area contributed by atoms with Gasteiger partial charge in [0.2, 0.25) is 0 Å². The molecule has 70 heavy (non-hydrogen) atoms. The van der Waals surface area contributed by atoms with Crippen LogP contribution < -0.4 is 27.1 Å². The molecule has 26 heteroatoms. The molecule has 0 aliphatic carbocycles. The van der Waals surface area contributed by atoms with Crippen LogP contribution in [0, 0.1) is 0 Å². The lowest BCUT2D eigenvalue weighted by Crippen LogP contribution is -2.07. The van der Waals surface area contributed by atoms with Crippen molar-refractivity contribution in [2.75, 3.05) is 22.9 Å². The van der Waals surface area contributed by atoms with Crippen LogP contribution in [0.4, 0.5) is 68.2 Å². The quantitative estimate of drug-likeness (QED) is 0.0302. The summed E-state index contributed by atoms with van der Waals surface area (Å²) < 4.78 is 107. The molecule has 354 valence electrons. The number of aromatic hydroxyl groups is 1. The molecule has 0 unspecified atom stereocenters. The summed E-state index contributed by atoms with van der Waals surface area (Å²) >= 11 is 0. The predicted octanol–water partition coefficient (Wildman–Crippen LogP) is 11.0. The summed E-state index contributed by atoms with van der Waals surface area (Å²) in [4.78, 5) is -1.48. The molecule has 8 aromatic carbocycles. The summed E-state index contributed by atoms with van der Waals surface area (Å²) in [5.74, 6) is -1.06. The van der Waals surface area contributed by atoms with Gasteiger partial charge in [-0.1, -0.05) is 24.3 Å². The van der Waals surface area contributed by atoms with Crippen molar-refractivity contribution in [2.24, 2.45) is 40.9 Å². The maximum absolute atomic E-state index is 12.6. The van der Waals surface area contributed by atoms with Crippen LogP contribution in [0.5, 0.6) is 11.5 Å². The Morgan fingerprint density at radius 3 is 1.39 bits per heavy atom. The number of hydrogen-bond donors (Lipinski definition) is 8. The standard InChI is InChI=1S/C44H34N12O11S3/c45-25-5-11-28(12-6-25)50-54-40-30-16-20-37(44(67-70(64,65)66)32(30)15-19-35(40)47)53-49-26-7-1-23(2-8-26)24-3-9-27(10-4-24)51-56-42-39(69(61,62)63)22-33-31(43(42)57)14-18-36(48)41(33)55-52-29-13-17-34(46)38(21-29)68(58,59)60/h1-22,57H,45-48H2,(H,58,59,60)(H,61,62,63)(H,64,65,66). The zero-order chi connectivity index (χ0) is 50.1. The van der Waals surface area contributed by atoms with Gasteiger partial charge in [-0.25, -0.2) is 0 Å². The van der Waals surface area contributed by atoms with Crippen LogP contribution >= 0.6 is 0 Å². The van der Waals surface area contributed by atoms with Gasteiger partial charge in [0, 0.05) is 27.2 Å². The predicted molar refractivity (Wildman–Crippen MR) is 260 cm³/mol. The van der Waals surface area contributed by atoms with Crippen molar-refractivity contribution in [3.8, 4) is 22.6 Å². The van der Waals surface area contributed by atoms with E-state index in [0.29, 0.717) is 33.6 Å². The highest BCUT2D eigenvalue weighted by Crippen LogP contribution is 2.47. The number of hydrogen-bond acceptors (Lipinski definition) is 20. The first-order chi connectivity index (χ1) is 33.1. The number of rotatable bonds is 13. The molecule has 12 N–H and O–H groups in total. The maximum Gasteiger partial charge on any atom is 0.446 e. The van der Waals surface area contributed by atoms with Crippen LogP contribution in [0.3, 0.4) is 0 Å². The Kier molecular flexibility index (Phi) is 12.7. The highest BCUT2D eigenvalue weighted by molar-refractivity contribution is 7.86. The Balaban J connectivity index is 1.03. The van der Waals surface area contributed by atoms with E-state index >= 15 is 0 Å². The van der Waals surface area contributed by atoms with Crippen LogP contribution in [0.1, 0.15) is 0 Å². The average Bonchev–Trinajstić information content (AvgIpc) is 3.30. The molecule has 0 aromatic heterocycles. The summed E-state index contributed by atoms with van der Waals surface area (Å²) in [6, 6.07) is 32.7. The van der Waals surface area contributed by atoms with E-state index in [0.717, 1.165) is 12.1 Å². The number of phenols is 1. The van der Waals surface area contributed by atoms with Gasteiger partial charge in [0.25, 0.3) is 20.2 Å². The molecular formula is C44H34N12O11S3. The number of fused-ring (bicyclic) bond motifs is 2. The molecule has 0 radical (unpaired) electrons. The molecule has 0 aliphatic heterocycles. The fourth-order valence-electron chi connectivity index (χ4n) is 6.80. The normalized spacial score (nSPS) is 12.6. The van der Waals surface area contributed by atoms with Gasteiger partial charge in [0.1, 0.15) is 32.5 Å². The first-order valence-electron chi connectivity index (χ1n) is 19.8. The molecular weight excluding hydrogens is 969 g/mol. The summed E-state index contributed by atoms with van der Waals surface area (Å²) in [6.07, 6.45) is 0. The molecule has 0 heterocycles. The Hall–Kier alpha value is -8.79. The highest BCUT2D eigenvalue weighted by atomic mass is 32.3. The molecule has 8 aromatic rings. The molecule has 0 aliphatic rings. The second-order valence-corrected chi connectivity index (χ2v) is 18.7. The monoisotopic (exact) mass is 1000 g/mol. The summed E-state index contributed by atoms with van der Waals surface area (Å²) in [5.41, 5.74) is 25.9. The van der Waals surface area contributed by atoms with Crippen LogP contribution in [-0.2, 0) is 30.6 Å². The van der Waals surface area contributed by atoms with Gasteiger partial charge in [-0.3, -0.25) is 13.7 Å². The highest BCUT2D eigenvalue weighted by Gasteiger charge is 2.25. The lowest BCUT2D eigenvalue weighted by Gasteiger charge is -2.11. The lowest BCUT2D eigenvalue weighted by atomic mass is 10.1. The van der Waals surface area contributed by atoms with E-state index in [4.69, 9.17) is 27.1 Å². The minimum atomic E-state index is -5.08. The molecule has 8 rings (SSSR count). The third kappa shape index (κ3) is 10.5. The van der Waals surface area contributed by atoms with Crippen LogP contribution in [0.2, 0.25) is 0 Å². The summed E-state index contributed by atoms with van der Waals surface area (Å²) in [6.45, 7) is 0. The average molecular weight is 1000 g/mol. The summed E-state index contributed by atoms with van der Waals surface area (Å²) in [5, 5.41) is 44.7. The Morgan fingerprint density at radius 1 is 0.400 bits per heavy atom. The van der Waals surface area contributed by atoms with E-state index < -0.39 is 51.9 Å².